The van der Waals surface area contributed by atoms with Crippen LogP contribution in [-0.2, 0) is 16.0 Å². The molecule has 0 bridgehead atoms. The van der Waals surface area contributed by atoms with Gasteiger partial charge in [0.05, 0.1) is 25.7 Å². The minimum Gasteiger partial charge on any atom is -0.481 e. The van der Waals surface area contributed by atoms with E-state index in [1.165, 1.54) is 0 Å². The van der Waals surface area contributed by atoms with Gasteiger partial charge in [-0.25, -0.2) is 9.97 Å². The molecule has 35 heavy (non-hydrogen) atoms. The van der Waals surface area contributed by atoms with Gasteiger partial charge in [0.2, 0.25) is 5.88 Å². The van der Waals surface area contributed by atoms with E-state index in [2.05, 4.69) is 36.9 Å². The number of ether oxygens (including phenoxy) is 2. The Morgan fingerprint density at radius 3 is 2.43 bits per heavy atom. The molecule has 0 atom stereocenters. The molecule has 0 aliphatic carbocycles. The Balaban J connectivity index is 1.19. The summed E-state index contributed by atoms with van der Waals surface area (Å²) < 4.78 is 10.2. The highest BCUT2D eigenvalue weighted by Crippen LogP contribution is 2.24. The summed E-state index contributed by atoms with van der Waals surface area (Å²) in [5.41, 5.74) is 4.51. The van der Waals surface area contributed by atoms with Gasteiger partial charge in [0, 0.05) is 49.7 Å². The number of methoxy groups -OCH3 is 1. The molecule has 1 N–H and O–H groups in total. The summed E-state index contributed by atoms with van der Waals surface area (Å²) in [6.07, 6.45) is 2.15. The molecule has 9 nitrogen and oxygen atoms in total. The first kappa shape index (κ1) is 22.6. The largest absolute Gasteiger partial charge is 0.481 e. The number of imidazole rings is 1. The molecular formula is C26H28N6O3. The van der Waals surface area contributed by atoms with Crippen LogP contribution in [0.5, 0.6) is 5.88 Å². The van der Waals surface area contributed by atoms with Crippen LogP contribution in [0.25, 0.3) is 22.6 Å². The van der Waals surface area contributed by atoms with Gasteiger partial charge in [-0.15, -0.1) is 0 Å². The molecule has 180 valence electrons. The molecule has 0 spiro atoms. The van der Waals surface area contributed by atoms with Gasteiger partial charge in [0.1, 0.15) is 11.6 Å². The number of anilines is 2. The quantitative estimate of drug-likeness (QED) is 0.409. The number of carbonyl (C=O) groups is 1. The zero-order valence-corrected chi connectivity index (χ0v) is 19.9. The Hall–Kier alpha value is -4.14. The van der Waals surface area contributed by atoms with Crippen LogP contribution < -0.4 is 14.5 Å². The minimum absolute atomic E-state index is 0.190. The number of aromatic nitrogens is 4. The smallest absolute Gasteiger partial charge is 0.310 e. The molecule has 0 amide bonds. The maximum Gasteiger partial charge on any atom is 0.310 e. The Kier molecular flexibility index (Phi) is 6.47. The van der Waals surface area contributed by atoms with E-state index in [1.807, 2.05) is 49.5 Å². The van der Waals surface area contributed by atoms with Crippen LogP contribution in [0.15, 0.2) is 54.7 Å². The lowest BCUT2D eigenvalue weighted by molar-refractivity contribution is -0.142. The molecule has 9 heteroatoms. The van der Waals surface area contributed by atoms with Crippen LogP contribution in [-0.4, -0.2) is 65.8 Å². The van der Waals surface area contributed by atoms with Gasteiger partial charge in [0.15, 0.2) is 5.65 Å². The van der Waals surface area contributed by atoms with E-state index < -0.39 is 0 Å². The van der Waals surface area contributed by atoms with Gasteiger partial charge in [0.25, 0.3) is 0 Å². The molecule has 3 aromatic heterocycles. The molecule has 1 saturated heterocycles. The maximum atomic E-state index is 11.7. The second-order valence-corrected chi connectivity index (χ2v) is 8.34. The fraction of sp³-hybridized carbons (Fsp3) is 0.308. The average Bonchev–Trinajstić information content (AvgIpc) is 3.33. The number of esters is 1. The first-order valence-electron chi connectivity index (χ1n) is 11.7. The number of pyridine rings is 2. The number of nitrogens with one attached hydrogen (secondary N) is 1. The SMILES string of the molecule is CCOC(=O)Cc1ccc(N2CCN(c3ccc(-c4nc5nc(OC)ccc5[nH]4)cn3)CC2)cc1. The van der Waals surface area contributed by atoms with Gasteiger partial charge < -0.3 is 24.3 Å². The molecule has 0 unspecified atom stereocenters. The van der Waals surface area contributed by atoms with E-state index in [9.17, 15) is 4.79 Å². The normalized spacial score (nSPS) is 13.8. The molecule has 4 heterocycles. The summed E-state index contributed by atoms with van der Waals surface area (Å²) in [5, 5.41) is 0. The van der Waals surface area contributed by atoms with Crippen molar-refractivity contribution in [3.8, 4) is 17.3 Å². The second-order valence-electron chi connectivity index (χ2n) is 8.34. The van der Waals surface area contributed by atoms with Crippen LogP contribution >= 0.6 is 0 Å². The summed E-state index contributed by atoms with van der Waals surface area (Å²) in [7, 11) is 1.59. The van der Waals surface area contributed by atoms with E-state index in [4.69, 9.17) is 14.5 Å². The minimum atomic E-state index is -0.190. The first-order valence-corrected chi connectivity index (χ1v) is 11.7. The Bertz CT molecular complexity index is 1300. The number of H-pyrrole nitrogens is 1. The zero-order chi connectivity index (χ0) is 24.2. The van der Waals surface area contributed by atoms with Crippen molar-refractivity contribution in [1.29, 1.82) is 0 Å². The van der Waals surface area contributed by atoms with E-state index in [-0.39, 0.29) is 5.97 Å². The van der Waals surface area contributed by atoms with Crippen LogP contribution in [0.4, 0.5) is 11.5 Å². The summed E-state index contributed by atoms with van der Waals surface area (Å²) in [5.74, 6) is 2.03. The monoisotopic (exact) mass is 472 g/mol. The number of rotatable bonds is 7. The van der Waals surface area contributed by atoms with Crippen molar-refractivity contribution >= 4 is 28.6 Å². The summed E-state index contributed by atoms with van der Waals surface area (Å²) in [4.78, 5) is 33.3. The van der Waals surface area contributed by atoms with E-state index in [0.717, 1.165) is 60.2 Å². The molecule has 1 aliphatic rings. The number of nitrogens with zero attached hydrogens (tertiary/aromatic N) is 5. The van der Waals surface area contributed by atoms with Crippen LogP contribution in [0.2, 0.25) is 0 Å². The van der Waals surface area contributed by atoms with E-state index in [0.29, 0.717) is 24.6 Å². The molecule has 1 aromatic carbocycles. The number of carbonyl (C=O) groups excluding carboxylic acids is 1. The summed E-state index contributed by atoms with van der Waals surface area (Å²) >= 11 is 0. The lowest BCUT2D eigenvalue weighted by atomic mass is 10.1. The molecular weight excluding hydrogens is 444 g/mol. The number of hydrogen-bond acceptors (Lipinski definition) is 8. The predicted octanol–water partition coefficient (Wildman–Crippen LogP) is 3.46. The van der Waals surface area contributed by atoms with Crippen LogP contribution in [0, 0.1) is 0 Å². The van der Waals surface area contributed by atoms with Crippen molar-refractivity contribution in [3.05, 3.63) is 60.3 Å². The van der Waals surface area contributed by atoms with Crippen molar-refractivity contribution in [2.24, 2.45) is 0 Å². The van der Waals surface area contributed by atoms with Gasteiger partial charge in [-0.1, -0.05) is 12.1 Å². The first-order chi connectivity index (χ1) is 17.1. The molecule has 1 aliphatic heterocycles. The third kappa shape index (κ3) is 5.03. The van der Waals surface area contributed by atoms with Crippen molar-refractivity contribution in [2.75, 3.05) is 49.7 Å². The van der Waals surface area contributed by atoms with Crippen molar-refractivity contribution in [1.82, 2.24) is 19.9 Å². The van der Waals surface area contributed by atoms with Crippen molar-refractivity contribution in [3.63, 3.8) is 0 Å². The fourth-order valence-corrected chi connectivity index (χ4v) is 4.24. The molecule has 1 fully saturated rings. The van der Waals surface area contributed by atoms with E-state index in [1.54, 1.807) is 7.11 Å². The number of hydrogen-bond donors (Lipinski definition) is 1. The Morgan fingerprint density at radius 2 is 1.74 bits per heavy atom. The topological polar surface area (TPSA) is 96.5 Å². The summed E-state index contributed by atoms with van der Waals surface area (Å²) in [6, 6.07) is 16.0. The van der Waals surface area contributed by atoms with Gasteiger partial charge >= 0.3 is 5.97 Å². The third-order valence-corrected chi connectivity index (χ3v) is 6.11. The maximum absolute atomic E-state index is 11.7. The van der Waals surface area contributed by atoms with Crippen molar-refractivity contribution in [2.45, 2.75) is 13.3 Å². The third-order valence-electron chi connectivity index (χ3n) is 6.11. The highest BCUT2D eigenvalue weighted by molar-refractivity contribution is 5.76. The van der Waals surface area contributed by atoms with Crippen LogP contribution in [0.3, 0.4) is 0 Å². The molecule has 0 saturated carbocycles. The molecule has 4 aromatic rings. The lowest BCUT2D eigenvalue weighted by Gasteiger charge is -2.36. The lowest BCUT2D eigenvalue weighted by Crippen LogP contribution is -2.46. The van der Waals surface area contributed by atoms with Gasteiger partial charge in [-0.05, 0) is 42.8 Å². The summed E-state index contributed by atoms with van der Waals surface area (Å²) in [6.45, 7) is 5.79. The number of fused-ring (bicyclic) bond motifs is 1. The highest BCUT2D eigenvalue weighted by atomic mass is 16.5. The standard InChI is InChI=1S/C26H28N6O3/c1-3-35-24(33)16-18-4-7-20(8-5-18)31-12-14-32(15-13-31)22-10-6-19(17-27-22)25-28-21-9-11-23(34-2)29-26(21)30-25/h4-11,17H,3,12-16H2,1-2H3,(H,28,29,30). The van der Waals surface area contributed by atoms with E-state index >= 15 is 0 Å². The Morgan fingerprint density at radius 1 is 0.971 bits per heavy atom. The second kappa shape index (κ2) is 10.0. The number of benzene rings is 1. The molecule has 5 rings (SSSR count). The highest BCUT2D eigenvalue weighted by Gasteiger charge is 2.19. The zero-order valence-electron chi connectivity index (χ0n) is 19.9. The molecule has 0 radical (unpaired) electrons. The number of aromatic amines is 1. The average molecular weight is 473 g/mol. The predicted molar refractivity (Wildman–Crippen MR) is 135 cm³/mol. The van der Waals surface area contributed by atoms with Crippen LogP contribution in [0.1, 0.15) is 12.5 Å². The van der Waals surface area contributed by atoms with Gasteiger partial charge in [-0.2, -0.15) is 4.98 Å². The van der Waals surface area contributed by atoms with Gasteiger partial charge in [-0.3, -0.25) is 4.79 Å². The van der Waals surface area contributed by atoms with Crippen molar-refractivity contribution < 1.29 is 14.3 Å². The Labute approximate surface area is 203 Å². The number of piperazine rings is 1. The fourth-order valence-electron chi connectivity index (χ4n) is 4.24.